The molecule has 0 radical (unpaired) electrons. The lowest BCUT2D eigenvalue weighted by molar-refractivity contribution is -0.211. The number of hydrogen-bond acceptors (Lipinski definition) is 7. The van der Waals surface area contributed by atoms with Gasteiger partial charge in [-0.2, -0.15) is 9.78 Å². The van der Waals surface area contributed by atoms with E-state index in [1.807, 2.05) is 6.07 Å². The molecule has 2 aromatic heterocycles. The first-order valence-corrected chi connectivity index (χ1v) is 11.8. The number of benzene rings is 2. The molecule has 37 heavy (non-hydrogen) atoms. The Kier molecular flexibility index (Phi) is 5.93. The predicted octanol–water partition coefficient (Wildman–Crippen LogP) is 3.15. The fourth-order valence-electron chi connectivity index (χ4n) is 4.45. The van der Waals surface area contributed by atoms with Crippen LogP contribution in [0.3, 0.4) is 0 Å². The molecule has 2 fully saturated rings. The largest absolute Gasteiger partial charge is 0.457 e. The Bertz CT molecular complexity index is 1460. The topological polar surface area (TPSA) is 83.6 Å². The molecule has 0 saturated carbocycles. The van der Waals surface area contributed by atoms with Crippen LogP contribution in [0.25, 0.3) is 5.69 Å². The molecule has 9 nitrogen and oxygen atoms in total. The van der Waals surface area contributed by atoms with Gasteiger partial charge in [-0.3, -0.25) is 4.57 Å². The van der Waals surface area contributed by atoms with E-state index < -0.39 is 17.3 Å². The van der Waals surface area contributed by atoms with Crippen LogP contribution >= 0.6 is 0 Å². The average Bonchev–Trinajstić information content (AvgIpc) is 3.26. The van der Waals surface area contributed by atoms with Gasteiger partial charge in [0.05, 0.1) is 38.6 Å². The van der Waals surface area contributed by atoms with E-state index in [4.69, 9.17) is 14.2 Å². The van der Waals surface area contributed by atoms with Gasteiger partial charge in [0, 0.05) is 24.4 Å². The highest BCUT2D eigenvalue weighted by atomic mass is 19.1. The van der Waals surface area contributed by atoms with Gasteiger partial charge >= 0.3 is 5.69 Å². The summed E-state index contributed by atoms with van der Waals surface area (Å²) in [6.07, 6.45) is 2.95. The average molecular weight is 507 g/mol. The van der Waals surface area contributed by atoms with Crippen LogP contribution in [0.2, 0.25) is 0 Å². The molecule has 190 valence electrons. The fraction of sp³-hybridized carbons (Fsp3) is 0.269. The second kappa shape index (κ2) is 9.41. The molecule has 2 aromatic carbocycles. The molecule has 2 aliphatic heterocycles. The molecule has 4 heterocycles. The summed E-state index contributed by atoms with van der Waals surface area (Å²) in [7, 11) is 0. The molecule has 0 amide bonds. The molecule has 0 aliphatic carbocycles. The van der Waals surface area contributed by atoms with Crippen LogP contribution in [0, 0.1) is 11.6 Å². The highest BCUT2D eigenvalue weighted by molar-refractivity contribution is 5.46. The molecule has 0 bridgehead atoms. The Balaban J connectivity index is 1.16. The molecule has 0 N–H and O–H groups in total. The zero-order chi connectivity index (χ0) is 25.4. The summed E-state index contributed by atoms with van der Waals surface area (Å²) >= 11 is 0. The number of rotatable bonds is 6. The summed E-state index contributed by atoms with van der Waals surface area (Å²) in [4.78, 5) is 19.4. The SMILES string of the molecule is O=c1n(Cc2c(F)cccc2F)cnn1-c1ccc(Oc2ccnc(N3CCOC4(COC4)C3)c2)cc1. The van der Waals surface area contributed by atoms with Crippen molar-refractivity contribution in [2.24, 2.45) is 0 Å². The van der Waals surface area contributed by atoms with Gasteiger partial charge in [-0.15, -0.1) is 0 Å². The maximum absolute atomic E-state index is 14.0. The smallest absolute Gasteiger partial charge is 0.350 e. The van der Waals surface area contributed by atoms with Crippen molar-refractivity contribution in [3.63, 3.8) is 0 Å². The third kappa shape index (κ3) is 4.58. The number of halogens is 2. The molecule has 1 spiro atoms. The first-order valence-electron chi connectivity index (χ1n) is 11.8. The predicted molar refractivity (Wildman–Crippen MR) is 129 cm³/mol. The van der Waals surface area contributed by atoms with Crippen molar-refractivity contribution in [3.8, 4) is 17.2 Å². The molecular weight excluding hydrogens is 484 g/mol. The van der Waals surface area contributed by atoms with Gasteiger partial charge in [0.1, 0.15) is 40.9 Å². The van der Waals surface area contributed by atoms with E-state index in [9.17, 15) is 13.6 Å². The highest BCUT2D eigenvalue weighted by Crippen LogP contribution is 2.31. The Morgan fingerprint density at radius 2 is 1.81 bits per heavy atom. The minimum absolute atomic E-state index is 0.196. The Hall–Kier alpha value is -4.09. The quantitative estimate of drug-likeness (QED) is 0.397. The van der Waals surface area contributed by atoms with Gasteiger partial charge in [0.15, 0.2) is 0 Å². The number of nitrogens with zero attached hydrogens (tertiary/aromatic N) is 5. The van der Waals surface area contributed by atoms with Gasteiger partial charge < -0.3 is 19.1 Å². The number of pyridine rings is 1. The molecule has 2 aliphatic rings. The number of ether oxygens (including phenoxy) is 3. The number of aromatic nitrogens is 4. The van der Waals surface area contributed by atoms with Gasteiger partial charge in [-0.1, -0.05) is 6.07 Å². The minimum atomic E-state index is -0.717. The number of hydrogen-bond donors (Lipinski definition) is 0. The van der Waals surface area contributed by atoms with Crippen LogP contribution in [-0.2, 0) is 16.0 Å². The van der Waals surface area contributed by atoms with Crippen LogP contribution in [-0.4, -0.2) is 57.8 Å². The van der Waals surface area contributed by atoms with Gasteiger partial charge in [-0.05, 0) is 42.5 Å². The van der Waals surface area contributed by atoms with Crippen molar-refractivity contribution < 1.29 is 23.0 Å². The summed E-state index contributed by atoms with van der Waals surface area (Å²) in [5.74, 6) is 0.549. The minimum Gasteiger partial charge on any atom is -0.457 e. The molecule has 11 heteroatoms. The summed E-state index contributed by atoms with van der Waals surface area (Å²) in [5.41, 5.74) is -0.476. The molecule has 0 atom stereocenters. The summed E-state index contributed by atoms with van der Waals surface area (Å²) < 4.78 is 47.5. The van der Waals surface area contributed by atoms with Crippen LogP contribution < -0.4 is 15.3 Å². The Morgan fingerprint density at radius 1 is 1.03 bits per heavy atom. The summed E-state index contributed by atoms with van der Waals surface area (Å²) in [6.45, 7) is 2.98. The summed E-state index contributed by atoms with van der Waals surface area (Å²) in [5, 5.41) is 4.09. The normalized spacial score (nSPS) is 16.5. The molecule has 4 aromatic rings. The lowest BCUT2D eigenvalue weighted by Crippen LogP contribution is -2.63. The maximum Gasteiger partial charge on any atom is 0.350 e. The second-order valence-electron chi connectivity index (χ2n) is 9.04. The van der Waals surface area contributed by atoms with Crippen molar-refractivity contribution >= 4 is 5.82 Å². The van der Waals surface area contributed by atoms with E-state index in [1.54, 1.807) is 36.5 Å². The van der Waals surface area contributed by atoms with E-state index in [0.717, 1.165) is 33.7 Å². The van der Waals surface area contributed by atoms with E-state index in [1.165, 1.54) is 12.4 Å². The highest BCUT2D eigenvalue weighted by Gasteiger charge is 2.44. The lowest BCUT2D eigenvalue weighted by Gasteiger charge is -2.47. The van der Waals surface area contributed by atoms with Crippen LogP contribution in [0.4, 0.5) is 14.6 Å². The maximum atomic E-state index is 14.0. The van der Waals surface area contributed by atoms with Crippen molar-refractivity contribution in [1.29, 1.82) is 0 Å². The van der Waals surface area contributed by atoms with E-state index in [-0.39, 0.29) is 17.7 Å². The zero-order valence-corrected chi connectivity index (χ0v) is 19.7. The standard InChI is InChI=1S/C26H23F2N5O4/c27-22-2-1-3-23(28)21(22)13-32-17-30-33(25(32)34)18-4-6-19(7-5-18)37-20-8-9-29-24(12-20)31-10-11-36-26(14-31)15-35-16-26/h1-9,12,17H,10-11,13-16H2. The Labute approximate surface area is 210 Å². The fourth-order valence-corrected chi connectivity index (χ4v) is 4.45. The molecule has 0 unspecified atom stereocenters. The van der Waals surface area contributed by atoms with Crippen molar-refractivity contribution in [1.82, 2.24) is 19.3 Å². The van der Waals surface area contributed by atoms with Gasteiger partial charge in [-0.25, -0.2) is 18.6 Å². The molecular formula is C26H23F2N5O4. The van der Waals surface area contributed by atoms with E-state index >= 15 is 0 Å². The zero-order valence-electron chi connectivity index (χ0n) is 19.7. The first kappa shape index (κ1) is 23.3. The van der Waals surface area contributed by atoms with Crippen molar-refractivity contribution in [2.75, 3.05) is 37.8 Å². The number of anilines is 1. The van der Waals surface area contributed by atoms with Crippen LogP contribution in [0.15, 0.2) is 71.9 Å². The molecule has 2 saturated heterocycles. The lowest BCUT2D eigenvalue weighted by atomic mass is 10.00. The van der Waals surface area contributed by atoms with Crippen molar-refractivity contribution in [3.05, 3.63) is 94.8 Å². The number of morpholine rings is 1. The Morgan fingerprint density at radius 3 is 2.54 bits per heavy atom. The monoisotopic (exact) mass is 507 g/mol. The molecule has 6 rings (SSSR count). The third-order valence-electron chi connectivity index (χ3n) is 6.46. The van der Waals surface area contributed by atoms with Crippen molar-refractivity contribution in [2.45, 2.75) is 12.1 Å². The van der Waals surface area contributed by atoms with Crippen LogP contribution in [0.1, 0.15) is 5.56 Å². The third-order valence-corrected chi connectivity index (χ3v) is 6.46. The van der Waals surface area contributed by atoms with Gasteiger partial charge in [0.2, 0.25) is 0 Å². The second-order valence-corrected chi connectivity index (χ2v) is 9.04. The van der Waals surface area contributed by atoms with Gasteiger partial charge in [0.25, 0.3) is 0 Å². The summed E-state index contributed by atoms with van der Waals surface area (Å²) in [6, 6.07) is 14.0. The van der Waals surface area contributed by atoms with Crippen LogP contribution in [0.5, 0.6) is 11.5 Å². The van der Waals surface area contributed by atoms with E-state index in [0.29, 0.717) is 43.6 Å². The van der Waals surface area contributed by atoms with E-state index in [2.05, 4.69) is 15.0 Å². The first-order chi connectivity index (χ1) is 18.0.